The second kappa shape index (κ2) is 6.02. The van der Waals surface area contributed by atoms with E-state index in [9.17, 15) is 4.79 Å². The fraction of sp³-hybridized carbons (Fsp3) is 0.429. The van der Waals surface area contributed by atoms with E-state index in [-0.39, 0.29) is 5.91 Å². The van der Waals surface area contributed by atoms with Crippen molar-refractivity contribution in [1.82, 2.24) is 10.5 Å². The summed E-state index contributed by atoms with van der Waals surface area (Å²) in [7, 11) is 0. The molecule has 0 spiro atoms. The molecule has 0 atom stereocenters. The molecule has 2 aromatic heterocycles. The van der Waals surface area contributed by atoms with Gasteiger partial charge in [0.2, 0.25) is 5.91 Å². The molecule has 0 aliphatic rings. The highest BCUT2D eigenvalue weighted by Crippen LogP contribution is 2.16. The van der Waals surface area contributed by atoms with E-state index in [0.29, 0.717) is 19.4 Å². The van der Waals surface area contributed by atoms with Gasteiger partial charge in [-0.1, -0.05) is 5.16 Å². The van der Waals surface area contributed by atoms with Crippen LogP contribution >= 0.6 is 11.3 Å². The molecule has 2 aromatic rings. The van der Waals surface area contributed by atoms with Gasteiger partial charge in [-0.3, -0.25) is 4.79 Å². The summed E-state index contributed by atoms with van der Waals surface area (Å²) in [5.41, 5.74) is 3.15. The largest absolute Gasteiger partial charge is 0.361 e. The molecule has 0 aliphatic heterocycles. The van der Waals surface area contributed by atoms with Gasteiger partial charge in [0, 0.05) is 16.9 Å². The van der Waals surface area contributed by atoms with E-state index < -0.39 is 0 Å². The van der Waals surface area contributed by atoms with Crippen molar-refractivity contribution in [3.63, 3.8) is 0 Å². The molecule has 1 N–H and O–H groups in total. The van der Waals surface area contributed by atoms with Gasteiger partial charge in [-0.05, 0) is 44.2 Å². The number of aryl methyl sites for hydroxylation is 3. The third-order valence-electron chi connectivity index (χ3n) is 3.20. The monoisotopic (exact) mass is 278 g/mol. The lowest BCUT2D eigenvalue weighted by atomic mass is 10.1. The van der Waals surface area contributed by atoms with Crippen molar-refractivity contribution in [1.29, 1.82) is 0 Å². The summed E-state index contributed by atoms with van der Waals surface area (Å²) in [5, 5.41) is 8.88. The summed E-state index contributed by atoms with van der Waals surface area (Å²) in [6.45, 7) is 6.45. The van der Waals surface area contributed by atoms with Crippen LogP contribution in [0.2, 0.25) is 0 Å². The third kappa shape index (κ3) is 3.44. The first-order chi connectivity index (χ1) is 9.08. The average molecular weight is 278 g/mol. The molecule has 0 saturated carbocycles. The Morgan fingerprint density at radius 2 is 2.21 bits per heavy atom. The number of hydrogen-bond donors (Lipinski definition) is 1. The van der Waals surface area contributed by atoms with Crippen molar-refractivity contribution in [3.05, 3.63) is 38.9 Å². The second-order valence-corrected chi connectivity index (χ2v) is 5.61. The zero-order valence-corrected chi connectivity index (χ0v) is 12.3. The zero-order chi connectivity index (χ0) is 13.8. The van der Waals surface area contributed by atoms with Crippen LogP contribution < -0.4 is 5.32 Å². The van der Waals surface area contributed by atoms with E-state index in [1.807, 2.05) is 19.2 Å². The van der Waals surface area contributed by atoms with E-state index in [1.165, 1.54) is 10.4 Å². The minimum absolute atomic E-state index is 0.0628. The van der Waals surface area contributed by atoms with Crippen molar-refractivity contribution in [3.8, 4) is 0 Å². The molecule has 0 saturated heterocycles. The van der Waals surface area contributed by atoms with Crippen molar-refractivity contribution in [2.45, 2.75) is 40.2 Å². The first-order valence-electron chi connectivity index (χ1n) is 6.29. The van der Waals surface area contributed by atoms with Gasteiger partial charge in [-0.25, -0.2) is 0 Å². The molecule has 0 radical (unpaired) electrons. The smallest absolute Gasteiger partial charge is 0.220 e. The minimum atomic E-state index is 0.0628. The molecule has 5 heteroatoms. The predicted molar refractivity (Wildman–Crippen MR) is 75.2 cm³/mol. The van der Waals surface area contributed by atoms with Gasteiger partial charge >= 0.3 is 0 Å². The molecule has 0 bridgehead atoms. The molecular weight excluding hydrogens is 260 g/mol. The first-order valence-corrected chi connectivity index (χ1v) is 7.17. The molecule has 2 heterocycles. The topological polar surface area (TPSA) is 55.1 Å². The predicted octanol–water partition coefficient (Wildman–Crippen LogP) is 2.91. The Kier molecular flexibility index (Phi) is 4.37. The van der Waals surface area contributed by atoms with Gasteiger partial charge in [-0.2, -0.15) is 0 Å². The summed E-state index contributed by atoms with van der Waals surface area (Å²) in [6.07, 6.45) is 1.14. The average Bonchev–Trinajstić information content (AvgIpc) is 2.92. The van der Waals surface area contributed by atoms with Crippen LogP contribution in [0.5, 0.6) is 0 Å². The summed E-state index contributed by atoms with van der Waals surface area (Å²) < 4.78 is 5.08. The fourth-order valence-corrected chi connectivity index (χ4v) is 2.80. The van der Waals surface area contributed by atoms with Crippen LogP contribution in [0.3, 0.4) is 0 Å². The van der Waals surface area contributed by atoms with Crippen LogP contribution in [0.25, 0.3) is 0 Å². The summed E-state index contributed by atoms with van der Waals surface area (Å²) >= 11 is 1.67. The number of rotatable bonds is 5. The lowest BCUT2D eigenvalue weighted by molar-refractivity contribution is -0.121. The molecule has 102 valence electrons. The summed E-state index contributed by atoms with van der Waals surface area (Å²) in [5.74, 6) is 0.868. The van der Waals surface area contributed by atoms with Gasteiger partial charge in [0.15, 0.2) is 0 Å². The van der Waals surface area contributed by atoms with Crippen LogP contribution in [0.1, 0.15) is 33.9 Å². The Morgan fingerprint density at radius 1 is 1.42 bits per heavy atom. The van der Waals surface area contributed by atoms with Crippen LogP contribution in [0, 0.1) is 20.8 Å². The number of hydrogen-bond acceptors (Lipinski definition) is 4. The number of carbonyl (C=O) groups excluding carboxylic acids is 1. The summed E-state index contributed by atoms with van der Waals surface area (Å²) in [6, 6.07) is 2.07. The maximum atomic E-state index is 11.8. The standard InChI is InChI=1S/C14H18N2O2S/c1-9-6-7-19-13(9)8-15-14(17)5-4-12-10(2)16-18-11(12)3/h6-7H,4-5,8H2,1-3H3,(H,15,17). The number of nitrogens with one attached hydrogen (secondary N) is 1. The Hall–Kier alpha value is -1.62. The highest BCUT2D eigenvalue weighted by molar-refractivity contribution is 7.10. The number of amides is 1. The van der Waals surface area contributed by atoms with Crippen LogP contribution in [-0.4, -0.2) is 11.1 Å². The van der Waals surface area contributed by atoms with Crippen molar-refractivity contribution < 1.29 is 9.32 Å². The Labute approximate surface area is 116 Å². The van der Waals surface area contributed by atoms with E-state index in [0.717, 1.165) is 17.0 Å². The normalized spacial score (nSPS) is 10.7. The molecule has 0 fully saturated rings. The van der Waals surface area contributed by atoms with Crippen LogP contribution in [-0.2, 0) is 17.8 Å². The fourth-order valence-electron chi connectivity index (χ4n) is 1.95. The SMILES string of the molecule is Cc1ccsc1CNC(=O)CCc1c(C)noc1C. The van der Waals surface area contributed by atoms with Gasteiger partial charge in [0.05, 0.1) is 12.2 Å². The molecule has 19 heavy (non-hydrogen) atoms. The lowest BCUT2D eigenvalue weighted by Crippen LogP contribution is -2.22. The highest BCUT2D eigenvalue weighted by Gasteiger charge is 2.11. The van der Waals surface area contributed by atoms with Crippen molar-refractivity contribution in [2.75, 3.05) is 0 Å². The second-order valence-electron chi connectivity index (χ2n) is 4.61. The Balaban J connectivity index is 1.81. The number of nitrogens with zero attached hydrogens (tertiary/aromatic N) is 1. The summed E-state index contributed by atoms with van der Waals surface area (Å²) in [4.78, 5) is 13.0. The number of aromatic nitrogens is 1. The zero-order valence-electron chi connectivity index (χ0n) is 11.4. The van der Waals surface area contributed by atoms with Crippen molar-refractivity contribution >= 4 is 17.2 Å². The Morgan fingerprint density at radius 3 is 2.79 bits per heavy atom. The number of thiophene rings is 1. The molecular formula is C14H18N2O2S. The van der Waals surface area contributed by atoms with Gasteiger partial charge in [0.25, 0.3) is 0 Å². The van der Waals surface area contributed by atoms with Crippen LogP contribution in [0.4, 0.5) is 0 Å². The van der Waals surface area contributed by atoms with E-state index in [4.69, 9.17) is 4.52 Å². The first kappa shape index (κ1) is 13.8. The lowest BCUT2D eigenvalue weighted by Gasteiger charge is -2.04. The molecule has 2 rings (SSSR count). The third-order valence-corrected chi connectivity index (χ3v) is 4.22. The van der Waals surface area contributed by atoms with Gasteiger partial charge < -0.3 is 9.84 Å². The van der Waals surface area contributed by atoms with Crippen molar-refractivity contribution in [2.24, 2.45) is 0 Å². The quantitative estimate of drug-likeness (QED) is 0.915. The van der Waals surface area contributed by atoms with E-state index >= 15 is 0 Å². The van der Waals surface area contributed by atoms with E-state index in [2.05, 4.69) is 23.5 Å². The maximum Gasteiger partial charge on any atom is 0.220 e. The molecule has 0 unspecified atom stereocenters. The van der Waals surface area contributed by atoms with Gasteiger partial charge in [-0.15, -0.1) is 11.3 Å². The van der Waals surface area contributed by atoms with E-state index in [1.54, 1.807) is 11.3 Å². The van der Waals surface area contributed by atoms with Gasteiger partial charge in [0.1, 0.15) is 5.76 Å². The molecule has 0 aliphatic carbocycles. The molecule has 1 amide bonds. The molecule has 0 aromatic carbocycles. The Bertz CT molecular complexity index is 552. The minimum Gasteiger partial charge on any atom is -0.361 e. The molecule has 4 nitrogen and oxygen atoms in total. The maximum absolute atomic E-state index is 11.8. The number of carbonyl (C=O) groups is 1. The highest BCUT2D eigenvalue weighted by atomic mass is 32.1. The van der Waals surface area contributed by atoms with Crippen LogP contribution in [0.15, 0.2) is 16.0 Å².